The summed E-state index contributed by atoms with van der Waals surface area (Å²) in [6.45, 7) is 0.719. The van der Waals surface area contributed by atoms with Crippen molar-refractivity contribution in [3.05, 3.63) is 77.5 Å². The van der Waals surface area contributed by atoms with Crippen LogP contribution in [0, 0.1) is 11.3 Å². The van der Waals surface area contributed by atoms with Gasteiger partial charge in [-0.05, 0) is 17.7 Å². The van der Waals surface area contributed by atoms with E-state index in [1.807, 2.05) is 60.7 Å². The molecule has 1 fully saturated rings. The number of esters is 2. The van der Waals surface area contributed by atoms with E-state index in [-0.39, 0.29) is 11.3 Å². The number of hydrogen-bond acceptors (Lipinski definition) is 7. The summed E-state index contributed by atoms with van der Waals surface area (Å²) in [7, 11) is 2.37. The van der Waals surface area contributed by atoms with Crippen molar-refractivity contribution >= 4 is 17.6 Å². The van der Waals surface area contributed by atoms with Crippen LogP contribution in [0.25, 0.3) is 0 Å². The Kier molecular flexibility index (Phi) is 5.84. The van der Waals surface area contributed by atoms with Crippen LogP contribution in [-0.2, 0) is 24.6 Å². The lowest BCUT2D eigenvalue weighted by molar-refractivity contribution is -0.141. The lowest BCUT2D eigenvalue weighted by Crippen LogP contribution is -2.63. The monoisotopic (exact) mass is 391 g/mol. The number of nitrogens with zero attached hydrogens (tertiary/aromatic N) is 2. The Hall–Kier alpha value is -3.79. The number of carbonyl (C=O) groups excluding carboxylic acids is 2. The number of nitriles is 1. The first-order valence-corrected chi connectivity index (χ1v) is 8.99. The summed E-state index contributed by atoms with van der Waals surface area (Å²) in [6.07, 6.45) is 0. The quantitative estimate of drug-likeness (QED) is 0.459. The summed E-state index contributed by atoms with van der Waals surface area (Å²) in [5.74, 6) is -1.63. The minimum atomic E-state index is -0.874. The molecule has 0 radical (unpaired) electrons. The molecule has 2 aromatic carbocycles. The maximum Gasteiger partial charge on any atom is 0.356 e. The molecule has 7 nitrogen and oxygen atoms in total. The van der Waals surface area contributed by atoms with Crippen LogP contribution in [-0.4, -0.2) is 44.1 Å². The van der Waals surface area contributed by atoms with Gasteiger partial charge in [-0.1, -0.05) is 48.5 Å². The topological polar surface area (TPSA) is 91.7 Å². The lowest BCUT2D eigenvalue weighted by atomic mass is 9.81. The average molecular weight is 391 g/mol. The first-order chi connectivity index (χ1) is 14.0. The first-order valence-electron chi connectivity index (χ1n) is 8.99. The second kappa shape index (κ2) is 8.48. The highest BCUT2D eigenvalue weighted by atomic mass is 16.5. The van der Waals surface area contributed by atoms with Gasteiger partial charge in [-0.2, -0.15) is 5.26 Å². The van der Waals surface area contributed by atoms with Crippen molar-refractivity contribution in [3.63, 3.8) is 0 Å². The molecular formula is C22H21N3O4. The van der Waals surface area contributed by atoms with E-state index >= 15 is 0 Å². The van der Waals surface area contributed by atoms with Gasteiger partial charge in [0, 0.05) is 18.8 Å². The Bertz CT molecular complexity index is 959. The van der Waals surface area contributed by atoms with Crippen molar-refractivity contribution in [2.24, 2.45) is 0 Å². The second-order valence-electron chi connectivity index (χ2n) is 6.61. The van der Waals surface area contributed by atoms with Crippen LogP contribution in [0.3, 0.4) is 0 Å². The third kappa shape index (κ3) is 3.92. The Morgan fingerprint density at radius 3 is 2.03 bits per heavy atom. The molecule has 0 saturated carbocycles. The van der Waals surface area contributed by atoms with Crippen molar-refractivity contribution < 1.29 is 19.1 Å². The fourth-order valence-electron chi connectivity index (χ4n) is 3.44. The number of benzene rings is 2. The van der Waals surface area contributed by atoms with Gasteiger partial charge in [-0.25, -0.2) is 9.59 Å². The van der Waals surface area contributed by atoms with E-state index in [1.165, 1.54) is 7.11 Å². The number of anilines is 1. The van der Waals surface area contributed by atoms with Crippen molar-refractivity contribution in [2.45, 2.75) is 5.54 Å². The predicted molar refractivity (Wildman–Crippen MR) is 106 cm³/mol. The maximum absolute atomic E-state index is 12.4. The number of methoxy groups -OCH3 is 2. The van der Waals surface area contributed by atoms with Crippen molar-refractivity contribution in [3.8, 4) is 6.07 Å². The fourth-order valence-corrected chi connectivity index (χ4v) is 3.44. The summed E-state index contributed by atoms with van der Waals surface area (Å²) in [5, 5.41) is 13.0. The van der Waals surface area contributed by atoms with Gasteiger partial charge in [0.1, 0.15) is 11.8 Å². The van der Waals surface area contributed by atoms with Gasteiger partial charge in [0.2, 0.25) is 0 Å². The molecule has 7 heteroatoms. The zero-order valence-corrected chi connectivity index (χ0v) is 16.2. The third-order valence-corrected chi connectivity index (χ3v) is 4.84. The van der Waals surface area contributed by atoms with Crippen LogP contribution in [0.1, 0.15) is 5.56 Å². The Labute approximate surface area is 169 Å². The number of nitrogens with one attached hydrogen (secondary N) is 1. The molecule has 1 saturated heterocycles. The molecule has 1 N–H and O–H groups in total. The van der Waals surface area contributed by atoms with E-state index in [2.05, 4.69) is 10.1 Å². The van der Waals surface area contributed by atoms with Gasteiger partial charge in [-0.15, -0.1) is 0 Å². The summed E-state index contributed by atoms with van der Waals surface area (Å²) in [4.78, 5) is 26.0. The smallest absolute Gasteiger partial charge is 0.356 e. The van der Waals surface area contributed by atoms with Crippen LogP contribution in [0.2, 0.25) is 0 Å². The molecule has 0 spiro atoms. The Balaban J connectivity index is 1.98. The number of rotatable bonds is 6. The summed E-state index contributed by atoms with van der Waals surface area (Å²) >= 11 is 0. The van der Waals surface area contributed by atoms with Crippen molar-refractivity contribution in [1.82, 2.24) is 4.90 Å². The van der Waals surface area contributed by atoms with Gasteiger partial charge in [0.25, 0.3) is 0 Å². The number of hydrogen-bond donors (Lipinski definition) is 1. The SMILES string of the molecule is COC(=O)/C(C#N)=C(\C(=O)OC)N1CC(Nc2ccccc2)(c2ccccc2)C1. The van der Waals surface area contributed by atoms with Crippen LogP contribution < -0.4 is 5.32 Å². The van der Waals surface area contributed by atoms with Crippen LogP contribution >= 0.6 is 0 Å². The molecule has 3 rings (SSSR count). The van der Waals surface area contributed by atoms with E-state index in [0.29, 0.717) is 13.1 Å². The van der Waals surface area contributed by atoms with Crippen LogP contribution in [0.4, 0.5) is 5.69 Å². The van der Waals surface area contributed by atoms with E-state index in [0.717, 1.165) is 18.4 Å². The second-order valence-corrected chi connectivity index (χ2v) is 6.61. The standard InChI is InChI=1S/C22H21N3O4/c1-28-20(26)18(13-23)19(21(27)29-2)25-14-22(15-25,16-9-5-3-6-10-16)24-17-11-7-4-8-12-17/h3-12,24H,14-15H2,1-2H3/b19-18+. The van der Waals surface area contributed by atoms with Gasteiger partial charge in [0.05, 0.1) is 19.8 Å². The highest BCUT2D eigenvalue weighted by Crippen LogP contribution is 2.38. The Morgan fingerprint density at radius 1 is 0.966 bits per heavy atom. The summed E-state index contributed by atoms with van der Waals surface area (Å²) in [5.41, 5.74) is 0.983. The summed E-state index contributed by atoms with van der Waals surface area (Å²) in [6, 6.07) is 21.3. The van der Waals surface area contributed by atoms with Crippen LogP contribution in [0.5, 0.6) is 0 Å². The zero-order valence-electron chi connectivity index (χ0n) is 16.2. The minimum Gasteiger partial charge on any atom is -0.465 e. The zero-order chi connectivity index (χ0) is 20.9. The lowest BCUT2D eigenvalue weighted by Gasteiger charge is -2.52. The Morgan fingerprint density at radius 2 is 1.52 bits per heavy atom. The van der Waals surface area contributed by atoms with Crippen LogP contribution in [0.15, 0.2) is 71.9 Å². The molecule has 1 aliphatic heterocycles. The predicted octanol–water partition coefficient (Wildman–Crippen LogP) is 2.43. The summed E-state index contributed by atoms with van der Waals surface area (Å²) < 4.78 is 9.48. The van der Waals surface area contributed by atoms with E-state index in [9.17, 15) is 14.9 Å². The molecule has 1 aliphatic rings. The van der Waals surface area contributed by atoms with Gasteiger partial charge in [0.15, 0.2) is 5.57 Å². The molecule has 29 heavy (non-hydrogen) atoms. The molecule has 0 aromatic heterocycles. The molecule has 0 bridgehead atoms. The fraction of sp³-hybridized carbons (Fsp3) is 0.227. The molecular weight excluding hydrogens is 370 g/mol. The minimum absolute atomic E-state index is 0.0942. The number of carbonyl (C=O) groups is 2. The first kappa shape index (κ1) is 20.0. The van der Waals surface area contributed by atoms with Gasteiger partial charge in [-0.3, -0.25) is 0 Å². The highest BCUT2D eigenvalue weighted by molar-refractivity contribution is 6.03. The molecule has 0 unspecified atom stereocenters. The van der Waals surface area contributed by atoms with E-state index in [1.54, 1.807) is 11.0 Å². The molecule has 0 amide bonds. The molecule has 1 heterocycles. The maximum atomic E-state index is 12.4. The highest BCUT2D eigenvalue weighted by Gasteiger charge is 2.48. The van der Waals surface area contributed by atoms with Crippen molar-refractivity contribution in [2.75, 3.05) is 32.6 Å². The number of likely N-dealkylation sites (tertiary alicyclic amines) is 1. The molecule has 148 valence electrons. The molecule has 0 atom stereocenters. The third-order valence-electron chi connectivity index (χ3n) is 4.84. The normalized spacial score (nSPS) is 15.3. The molecule has 2 aromatic rings. The largest absolute Gasteiger partial charge is 0.465 e. The van der Waals surface area contributed by atoms with E-state index in [4.69, 9.17) is 4.74 Å². The van der Waals surface area contributed by atoms with E-state index < -0.39 is 17.5 Å². The number of ether oxygens (including phenoxy) is 2. The van der Waals surface area contributed by atoms with Crippen molar-refractivity contribution in [1.29, 1.82) is 5.26 Å². The average Bonchev–Trinajstić information content (AvgIpc) is 2.75. The molecule has 0 aliphatic carbocycles. The number of para-hydroxylation sites is 1. The van der Waals surface area contributed by atoms with Gasteiger partial charge >= 0.3 is 11.9 Å². The van der Waals surface area contributed by atoms with Gasteiger partial charge < -0.3 is 19.7 Å².